The first-order valence-electron chi connectivity index (χ1n) is 12.8. The van der Waals surface area contributed by atoms with E-state index in [1.807, 2.05) is 20.8 Å². The molecule has 1 atom stereocenters. The van der Waals surface area contributed by atoms with Gasteiger partial charge >= 0.3 is 5.97 Å². The molecular weight excluding hydrogens is 360 g/mol. The fourth-order valence-corrected chi connectivity index (χ4v) is 5.93. The molecule has 0 aromatic rings. The van der Waals surface area contributed by atoms with Crippen LogP contribution in [0.15, 0.2) is 0 Å². The van der Waals surface area contributed by atoms with Crippen molar-refractivity contribution in [3.63, 3.8) is 0 Å². The lowest BCUT2D eigenvalue weighted by Crippen LogP contribution is -2.38. The molecule has 1 unspecified atom stereocenters. The first-order valence-corrected chi connectivity index (χ1v) is 12.8. The zero-order valence-electron chi connectivity index (χ0n) is 19.4. The van der Waals surface area contributed by atoms with Crippen molar-refractivity contribution in [1.29, 1.82) is 0 Å². The second-order valence-electron chi connectivity index (χ2n) is 11.3. The maximum Gasteiger partial charge on any atom is 0.335 e. The van der Waals surface area contributed by atoms with E-state index in [4.69, 9.17) is 9.47 Å². The Morgan fingerprint density at radius 3 is 1.83 bits per heavy atom. The Morgan fingerprint density at radius 1 is 0.759 bits per heavy atom. The molecule has 3 aliphatic rings. The topological polar surface area (TPSA) is 35.5 Å². The first-order chi connectivity index (χ1) is 13.9. The molecular formula is C26H46O3. The lowest BCUT2D eigenvalue weighted by atomic mass is 9.77. The van der Waals surface area contributed by atoms with Gasteiger partial charge in [-0.1, -0.05) is 64.2 Å². The van der Waals surface area contributed by atoms with Gasteiger partial charge in [-0.3, -0.25) is 0 Å². The highest BCUT2D eigenvalue weighted by atomic mass is 16.6. The van der Waals surface area contributed by atoms with Crippen LogP contribution in [0.4, 0.5) is 0 Å². The number of hydrogen-bond acceptors (Lipinski definition) is 3. The molecule has 0 saturated heterocycles. The van der Waals surface area contributed by atoms with Crippen LogP contribution in [0.3, 0.4) is 0 Å². The Morgan fingerprint density at radius 2 is 1.28 bits per heavy atom. The summed E-state index contributed by atoms with van der Waals surface area (Å²) in [6.07, 6.45) is 20.7. The van der Waals surface area contributed by atoms with Crippen molar-refractivity contribution in [2.75, 3.05) is 0 Å². The summed E-state index contributed by atoms with van der Waals surface area (Å²) >= 11 is 0. The second-order valence-corrected chi connectivity index (χ2v) is 11.3. The first kappa shape index (κ1) is 23.1. The van der Waals surface area contributed by atoms with Crippen LogP contribution in [-0.2, 0) is 14.3 Å². The van der Waals surface area contributed by atoms with Crippen molar-refractivity contribution < 1.29 is 14.3 Å². The van der Waals surface area contributed by atoms with Crippen molar-refractivity contribution in [2.45, 2.75) is 141 Å². The molecule has 29 heavy (non-hydrogen) atoms. The van der Waals surface area contributed by atoms with E-state index in [1.165, 1.54) is 83.5 Å². The molecule has 3 rings (SSSR count). The average molecular weight is 407 g/mol. The van der Waals surface area contributed by atoms with Gasteiger partial charge in [0.2, 0.25) is 0 Å². The van der Waals surface area contributed by atoms with Crippen molar-refractivity contribution >= 4 is 5.97 Å². The molecule has 0 spiro atoms. The molecule has 3 saturated carbocycles. The number of carbonyl (C=O) groups is 1. The molecule has 0 heterocycles. The zero-order valence-corrected chi connectivity index (χ0v) is 19.4. The van der Waals surface area contributed by atoms with E-state index in [9.17, 15) is 4.79 Å². The zero-order chi connectivity index (χ0) is 20.7. The molecule has 0 aromatic heterocycles. The number of carbonyl (C=O) groups excluding carboxylic acids is 1. The Balaban J connectivity index is 1.48. The van der Waals surface area contributed by atoms with Crippen LogP contribution < -0.4 is 0 Å². The highest BCUT2D eigenvalue weighted by Crippen LogP contribution is 2.37. The van der Waals surface area contributed by atoms with Crippen LogP contribution in [0, 0.1) is 17.8 Å². The minimum Gasteiger partial charge on any atom is -0.458 e. The SMILES string of the molecule is CC(C)(C)OC(=O)C(CC1CCCCC1)OC1CCC(CC2CCCCC2)CC1. The largest absolute Gasteiger partial charge is 0.458 e. The van der Waals surface area contributed by atoms with Crippen LogP contribution in [0.5, 0.6) is 0 Å². The Kier molecular flexibility index (Phi) is 8.89. The van der Waals surface area contributed by atoms with Crippen molar-refractivity contribution in [1.82, 2.24) is 0 Å². The molecule has 0 amide bonds. The van der Waals surface area contributed by atoms with Gasteiger partial charge in [0.05, 0.1) is 6.10 Å². The average Bonchev–Trinajstić information content (AvgIpc) is 2.69. The van der Waals surface area contributed by atoms with Crippen molar-refractivity contribution in [3.05, 3.63) is 0 Å². The lowest BCUT2D eigenvalue weighted by molar-refractivity contribution is -0.175. The van der Waals surface area contributed by atoms with Gasteiger partial charge in [0, 0.05) is 0 Å². The van der Waals surface area contributed by atoms with E-state index in [0.717, 1.165) is 31.1 Å². The Bertz CT molecular complexity index is 475. The second kappa shape index (κ2) is 11.2. The molecule has 168 valence electrons. The summed E-state index contributed by atoms with van der Waals surface area (Å²) in [6.45, 7) is 5.87. The van der Waals surface area contributed by atoms with Crippen LogP contribution in [0.2, 0.25) is 0 Å². The molecule has 0 aliphatic heterocycles. The fraction of sp³-hybridized carbons (Fsp3) is 0.962. The number of rotatable bonds is 7. The quantitative estimate of drug-likeness (QED) is 0.419. The van der Waals surface area contributed by atoms with Crippen LogP contribution in [0.25, 0.3) is 0 Å². The van der Waals surface area contributed by atoms with E-state index in [2.05, 4.69) is 0 Å². The highest BCUT2D eigenvalue weighted by molar-refractivity contribution is 5.75. The minimum atomic E-state index is -0.442. The Hall–Kier alpha value is -0.570. The van der Waals surface area contributed by atoms with Crippen molar-refractivity contribution in [3.8, 4) is 0 Å². The van der Waals surface area contributed by atoms with Gasteiger partial charge in [0.1, 0.15) is 5.60 Å². The summed E-state index contributed by atoms with van der Waals surface area (Å²) in [5, 5.41) is 0. The third kappa shape index (κ3) is 8.23. The van der Waals surface area contributed by atoms with Gasteiger partial charge in [-0.25, -0.2) is 4.79 Å². The smallest absolute Gasteiger partial charge is 0.335 e. The lowest BCUT2D eigenvalue weighted by Gasteiger charge is -2.35. The minimum absolute atomic E-state index is 0.132. The number of esters is 1. The van der Waals surface area contributed by atoms with Gasteiger partial charge in [0.25, 0.3) is 0 Å². The van der Waals surface area contributed by atoms with Crippen molar-refractivity contribution in [2.24, 2.45) is 17.8 Å². The van der Waals surface area contributed by atoms with E-state index in [-0.39, 0.29) is 18.2 Å². The standard InChI is InChI=1S/C26H46O3/c1-26(2,3)29-25(27)24(19-21-12-8-5-9-13-21)28-23-16-14-22(15-17-23)18-20-10-6-4-7-11-20/h20-24H,4-19H2,1-3H3. The van der Waals surface area contributed by atoms with E-state index < -0.39 is 5.60 Å². The fourth-order valence-electron chi connectivity index (χ4n) is 5.93. The summed E-state index contributed by atoms with van der Waals surface area (Å²) < 4.78 is 12.2. The van der Waals surface area contributed by atoms with Crippen LogP contribution in [-0.4, -0.2) is 23.8 Å². The monoisotopic (exact) mass is 406 g/mol. The molecule has 0 aromatic carbocycles. The van der Waals surface area contributed by atoms with E-state index in [0.29, 0.717) is 5.92 Å². The van der Waals surface area contributed by atoms with Gasteiger partial charge in [0.15, 0.2) is 6.10 Å². The predicted molar refractivity (Wildman–Crippen MR) is 119 cm³/mol. The molecule has 3 fully saturated rings. The number of hydrogen-bond donors (Lipinski definition) is 0. The van der Waals surface area contributed by atoms with Gasteiger partial charge in [-0.15, -0.1) is 0 Å². The molecule has 0 N–H and O–H groups in total. The maximum atomic E-state index is 12.9. The summed E-state index contributed by atoms with van der Waals surface area (Å²) in [6, 6.07) is 0. The van der Waals surface area contributed by atoms with E-state index >= 15 is 0 Å². The molecule has 0 radical (unpaired) electrons. The summed E-state index contributed by atoms with van der Waals surface area (Å²) in [5.74, 6) is 2.36. The summed E-state index contributed by atoms with van der Waals surface area (Å²) in [7, 11) is 0. The normalized spacial score (nSPS) is 28.8. The molecule has 0 bridgehead atoms. The predicted octanol–water partition coefficient (Wildman–Crippen LogP) is 7.21. The van der Waals surface area contributed by atoms with Gasteiger partial charge in [-0.2, -0.15) is 0 Å². The third-order valence-corrected chi connectivity index (χ3v) is 7.48. The highest BCUT2D eigenvalue weighted by Gasteiger charge is 2.33. The summed E-state index contributed by atoms with van der Waals surface area (Å²) in [4.78, 5) is 12.9. The molecule has 3 heteroatoms. The third-order valence-electron chi connectivity index (χ3n) is 7.48. The van der Waals surface area contributed by atoms with Crippen LogP contribution >= 0.6 is 0 Å². The molecule has 3 aliphatic carbocycles. The van der Waals surface area contributed by atoms with Crippen LogP contribution in [0.1, 0.15) is 124 Å². The summed E-state index contributed by atoms with van der Waals surface area (Å²) in [5.41, 5.74) is -0.442. The number of ether oxygens (including phenoxy) is 2. The van der Waals surface area contributed by atoms with Gasteiger partial charge in [-0.05, 0) is 77.0 Å². The molecule has 3 nitrogen and oxygen atoms in total. The van der Waals surface area contributed by atoms with E-state index in [1.54, 1.807) is 0 Å². The maximum absolute atomic E-state index is 12.9. The Labute approximate surface area is 179 Å². The van der Waals surface area contributed by atoms with Gasteiger partial charge < -0.3 is 9.47 Å².